The molecule has 27 heavy (non-hydrogen) atoms. The van der Waals surface area contributed by atoms with Gasteiger partial charge in [-0.2, -0.15) is 0 Å². The number of nitro benzene ring substituents is 1. The largest absolute Gasteiger partial charge is 0.503 e. The molecular weight excluding hydrogens is 348 g/mol. The van der Waals surface area contributed by atoms with Gasteiger partial charge in [-0.1, -0.05) is 42.5 Å². The van der Waals surface area contributed by atoms with Gasteiger partial charge in [0.1, 0.15) is 0 Å². The van der Waals surface area contributed by atoms with Crippen molar-refractivity contribution in [3.8, 4) is 0 Å². The van der Waals surface area contributed by atoms with Crippen LogP contribution < -0.4 is 0 Å². The highest BCUT2D eigenvalue weighted by Gasteiger charge is 2.42. The first-order valence-electron chi connectivity index (χ1n) is 8.43. The van der Waals surface area contributed by atoms with Crippen LogP contribution in [0.2, 0.25) is 0 Å². The van der Waals surface area contributed by atoms with Crippen molar-refractivity contribution in [3.05, 3.63) is 87.2 Å². The third-order valence-corrected chi connectivity index (χ3v) is 4.56. The number of benzene rings is 2. The molecule has 0 spiro atoms. The van der Waals surface area contributed by atoms with Gasteiger partial charge in [-0.3, -0.25) is 19.7 Å². The number of aliphatic hydroxyl groups is 1. The second kappa shape index (κ2) is 7.41. The summed E-state index contributed by atoms with van der Waals surface area (Å²) in [5, 5.41) is 21.3. The number of carbonyl (C=O) groups excluding carboxylic acids is 2. The van der Waals surface area contributed by atoms with E-state index < -0.39 is 28.4 Å². The lowest BCUT2D eigenvalue weighted by Crippen LogP contribution is -2.33. The van der Waals surface area contributed by atoms with Crippen molar-refractivity contribution in [1.29, 1.82) is 0 Å². The number of non-ortho nitro benzene ring substituents is 1. The molecule has 138 valence electrons. The Labute approximate surface area is 155 Å². The van der Waals surface area contributed by atoms with Gasteiger partial charge in [-0.15, -0.1) is 0 Å². The molecule has 7 heteroatoms. The van der Waals surface area contributed by atoms with Crippen molar-refractivity contribution >= 4 is 17.4 Å². The maximum atomic E-state index is 12.6. The summed E-state index contributed by atoms with van der Waals surface area (Å²) < 4.78 is 0. The Hall–Kier alpha value is -3.48. The monoisotopic (exact) mass is 366 g/mol. The van der Waals surface area contributed by atoms with Crippen molar-refractivity contribution in [2.75, 3.05) is 6.54 Å². The summed E-state index contributed by atoms with van der Waals surface area (Å²) in [7, 11) is 0. The van der Waals surface area contributed by atoms with E-state index >= 15 is 0 Å². The van der Waals surface area contributed by atoms with Gasteiger partial charge in [0.2, 0.25) is 0 Å². The van der Waals surface area contributed by atoms with Crippen LogP contribution in [0.3, 0.4) is 0 Å². The molecule has 3 rings (SSSR count). The Morgan fingerprint density at radius 1 is 1.19 bits per heavy atom. The number of ketones is 1. The van der Waals surface area contributed by atoms with Crippen LogP contribution in [0.1, 0.15) is 24.1 Å². The minimum Gasteiger partial charge on any atom is -0.503 e. The summed E-state index contributed by atoms with van der Waals surface area (Å²) >= 11 is 0. The normalized spacial score (nSPS) is 16.7. The van der Waals surface area contributed by atoms with E-state index in [1.54, 1.807) is 6.07 Å². The Morgan fingerprint density at radius 3 is 2.52 bits per heavy atom. The van der Waals surface area contributed by atoms with Gasteiger partial charge >= 0.3 is 0 Å². The SMILES string of the molecule is CC(=O)C1=C(O)C(=O)N(CCc2ccccc2)[C@@H]1c1cccc([N+](=O)[O-])c1. The molecule has 0 aliphatic carbocycles. The van der Waals surface area contributed by atoms with E-state index in [2.05, 4.69) is 0 Å². The predicted octanol–water partition coefficient (Wildman–Crippen LogP) is 3.12. The van der Waals surface area contributed by atoms with Gasteiger partial charge < -0.3 is 10.0 Å². The molecular formula is C20H18N2O5. The summed E-state index contributed by atoms with van der Waals surface area (Å²) in [6, 6.07) is 14.4. The van der Waals surface area contributed by atoms with Crippen LogP contribution in [0.15, 0.2) is 65.9 Å². The van der Waals surface area contributed by atoms with Crippen molar-refractivity contribution in [2.24, 2.45) is 0 Å². The molecule has 1 aliphatic heterocycles. The maximum absolute atomic E-state index is 12.6. The molecule has 0 fully saturated rings. The lowest BCUT2D eigenvalue weighted by atomic mass is 9.96. The maximum Gasteiger partial charge on any atom is 0.290 e. The fraction of sp³-hybridized carbons (Fsp3) is 0.200. The smallest absolute Gasteiger partial charge is 0.290 e. The van der Waals surface area contributed by atoms with Crippen LogP contribution in [0.5, 0.6) is 0 Å². The summed E-state index contributed by atoms with van der Waals surface area (Å²) in [6.07, 6.45) is 0.524. The number of nitro groups is 1. The molecule has 1 heterocycles. The van der Waals surface area contributed by atoms with Crippen LogP contribution in [0.4, 0.5) is 5.69 Å². The van der Waals surface area contributed by atoms with Gasteiger partial charge in [-0.05, 0) is 24.5 Å². The van der Waals surface area contributed by atoms with E-state index in [1.165, 1.54) is 30.0 Å². The third kappa shape index (κ3) is 3.57. The molecule has 7 nitrogen and oxygen atoms in total. The van der Waals surface area contributed by atoms with Crippen LogP contribution in [-0.4, -0.2) is 33.2 Å². The van der Waals surface area contributed by atoms with Crippen molar-refractivity contribution in [2.45, 2.75) is 19.4 Å². The number of amides is 1. The van der Waals surface area contributed by atoms with Crippen molar-refractivity contribution in [3.63, 3.8) is 0 Å². The Bertz CT molecular complexity index is 936. The van der Waals surface area contributed by atoms with E-state index in [0.717, 1.165) is 5.56 Å². The highest BCUT2D eigenvalue weighted by molar-refractivity contribution is 6.08. The summed E-state index contributed by atoms with van der Waals surface area (Å²) in [5.41, 5.74) is 1.24. The van der Waals surface area contributed by atoms with E-state index in [9.17, 15) is 24.8 Å². The summed E-state index contributed by atoms with van der Waals surface area (Å²) in [6.45, 7) is 1.53. The van der Waals surface area contributed by atoms with Crippen LogP contribution >= 0.6 is 0 Å². The number of Topliss-reactive ketones (excluding diaryl/α,β-unsaturated/α-hetero) is 1. The van der Waals surface area contributed by atoms with Crippen molar-refractivity contribution in [1.82, 2.24) is 4.90 Å². The standard InChI is InChI=1S/C20H18N2O5/c1-13(23)17-18(15-8-5-9-16(12-15)22(26)27)21(20(25)19(17)24)11-10-14-6-3-2-4-7-14/h2-9,12,18,24H,10-11H2,1H3/t18-/m1/s1. The Morgan fingerprint density at radius 2 is 1.89 bits per heavy atom. The number of carbonyl (C=O) groups is 2. The van der Waals surface area contributed by atoms with Crippen molar-refractivity contribution < 1.29 is 19.6 Å². The molecule has 0 bridgehead atoms. The topological polar surface area (TPSA) is 101 Å². The van der Waals surface area contributed by atoms with E-state index in [0.29, 0.717) is 12.0 Å². The molecule has 0 radical (unpaired) electrons. The van der Waals surface area contributed by atoms with Gasteiger partial charge in [0, 0.05) is 18.7 Å². The number of rotatable bonds is 6. The van der Waals surface area contributed by atoms with E-state index in [-0.39, 0.29) is 17.8 Å². The highest BCUT2D eigenvalue weighted by atomic mass is 16.6. The van der Waals surface area contributed by atoms with E-state index in [4.69, 9.17) is 0 Å². The fourth-order valence-corrected chi connectivity index (χ4v) is 3.29. The molecule has 1 amide bonds. The summed E-state index contributed by atoms with van der Waals surface area (Å²) in [4.78, 5) is 36.6. The average molecular weight is 366 g/mol. The molecule has 2 aromatic carbocycles. The molecule has 0 saturated carbocycles. The number of hydrogen-bond acceptors (Lipinski definition) is 5. The lowest BCUT2D eigenvalue weighted by Gasteiger charge is -2.26. The zero-order chi connectivity index (χ0) is 19.6. The molecule has 1 atom stereocenters. The zero-order valence-electron chi connectivity index (χ0n) is 14.7. The minimum atomic E-state index is -0.849. The molecule has 0 unspecified atom stereocenters. The van der Waals surface area contributed by atoms with E-state index in [1.807, 2.05) is 30.3 Å². The highest BCUT2D eigenvalue weighted by Crippen LogP contribution is 2.38. The molecule has 1 N–H and O–H groups in total. The molecule has 0 aromatic heterocycles. The van der Waals surface area contributed by atoms with Crippen LogP contribution in [0.25, 0.3) is 0 Å². The van der Waals surface area contributed by atoms with Crippen LogP contribution in [0, 0.1) is 10.1 Å². The zero-order valence-corrected chi connectivity index (χ0v) is 14.7. The number of hydrogen-bond donors (Lipinski definition) is 1. The third-order valence-electron chi connectivity index (χ3n) is 4.56. The summed E-state index contributed by atoms with van der Waals surface area (Å²) in [5.74, 6) is -1.68. The number of aliphatic hydroxyl groups excluding tert-OH is 1. The Balaban J connectivity index is 1.98. The first kappa shape index (κ1) is 18.3. The van der Waals surface area contributed by atoms with Gasteiger partial charge in [0.25, 0.3) is 11.6 Å². The van der Waals surface area contributed by atoms with Gasteiger partial charge in [0.15, 0.2) is 11.5 Å². The first-order valence-corrected chi connectivity index (χ1v) is 8.43. The number of nitrogens with zero attached hydrogens (tertiary/aromatic N) is 2. The molecule has 0 saturated heterocycles. The predicted molar refractivity (Wildman–Crippen MR) is 98.0 cm³/mol. The average Bonchev–Trinajstić information content (AvgIpc) is 2.92. The minimum absolute atomic E-state index is 0.0337. The van der Waals surface area contributed by atoms with Gasteiger partial charge in [-0.25, -0.2) is 0 Å². The molecule has 2 aromatic rings. The second-order valence-corrected chi connectivity index (χ2v) is 6.31. The van der Waals surface area contributed by atoms with Crippen LogP contribution in [-0.2, 0) is 16.0 Å². The lowest BCUT2D eigenvalue weighted by molar-refractivity contribution is -0.384. The molecule has 1 aliphatic rings. The first-order chi connectivity index (χ1) is 12.9. The Kier molecular flexibility index (Phi) is 5.03. The second-order valence-electron chi connectivity index (χ2n) is 6.31. The van der Waals surface area contributed by atoms with Gasteiger partial charge in [0.05, 0.1) is 16.5 Å². The quantitative estimate of drug-likeness (QED) is 0.625. The fourth-order valence-electron chi connectivity index (χ4n) is 3.29.